The Bertz CT molecular complexity index is 487. The van der Waals surface area contributed by atoms with Crippen LogP contribution in [0.1, 0.15) is 13.3 Å². The second kappa shape index (κ2) is 4.02. The maximum atomic E-state index is 13.0. The maximum Gasteiger partial charge on any atom is 0.453 e. The van der Waals surface area contributed by atoms with Gasteiger partial charge in [-0.3, -0.25) is 4.79 Å². The summed E-state index contributed by atoms with van der Waals surface area (Å²) in [5.41, 5.74) is -7.09. The summed E-state index contributed by atoms with van der Waals surface area (Å²) < 4.78 is 81.9. The van der Waals surface area contributed by atoms with E-state index in [-0.39, 0.29) is 4.90 Å². The van der Waals surface area contributed by atoms with Gasteiger partial charge in [0.05, 0.1) is 5.92 Å². The number of carbonyl (C=O) groups is 2. The van der Waals surface area contributed by atoms with E-state index in [9.17, 15) is 35.9 Å². The Morgan fingerprint density at radius 2 is 1.76 bits per heavy atom. The Hall–Kier alpha value is -1.52. The summed E-state index contributed by atoms with van der Waals surface area (Å²) in [5.74, 6) is -4.83. The molecule has 0 radical (unpaired) electrons. The minimum atomic E-state index is -5.95. The molecule has 0 bridgehead atoms. The largest absolute Gasteiger partial charge is 0.481 e. The third-order valence-corrected chi connectivity index (χ3v) is 3.82. The lowest BCUT2D eigenvalue weighted by Gasteiger charge is -2.39. The van der Waals surface area contributed by atoms with Crippen LogP contribution < -0.4 is 0 Å². The van der Waals surface area contributed by atoms with E-state index in [0.717, 1.165) is 6.92 Å². The molecule has 2 aliphatic rings. The van der Waals surface area contributed by atoms with Crippen molar-refractivity contribution in [2.45, 2.75) is 37.0 Å². The Balaban J connectivity index is 2.60. The van der Waals surface area contributed by atoms with Crippen molar-refractivity contribution in [2.24, 2.45) is 5.92 Å². The van der Waals surface area contributed by atoms with Crippen LogP contribution in [0.2, 0.25) is 0 Å². The van der Waals surface area contributed by atoms with Gasteiger partial charge >= 0.3 is 30.0 Å². The standard InChI is InChI=1S/C10H9F6NO4/c1-7-2-4(5(18)19)3-17(7)8(9(11,12)13,10(14,15)16)21-6(7)20/h4H,2-3H2,1H3,(H,18,19)/t4-,7+/m1/s1. The fourth-order valence-corrected chi connectivity index (χ4v) is 2.79. The van der Waals surface area contributed by atoms with Gasteiger partial charge in [-0.05, 0) is 13.3 Å². The molecule has 0 spiro atoms. The van der Waals surface area contributed by atoms with Crippen LogP contribution in [-0.4, -0.2) is 52.1 Å². The number of hydrogen-bond donors (Lipinski definition) is 1. The summed E-state index contributed by atoms with van der Waals surface area (Å²) in [6, 6.07) is 0. The number of ether oxygens (including phenoxy) is 1. The molecule has 120 valence electrons. The van der Waals surface area contributed by atoms with Crippen LogP contribution in [0.4, 0.5) is 26.3 Å². The first kappa shape index (κ1) is 15.9. The van der Waals surface area contributed by atoms with Gasteiger partial charge in [0.2, 0.25) is 0 Å². The van der Waals surface area contributed by atoms with E-state index in [4.69, 9.17) is 5.11 Å². The summed E-state index contributed by atoms with van der Waals surface area (Å²) >= 11 is 0. The van der Waals surface area contributed by atoms with Crippen LogP contribution in [0.25, 0.3) is 0 Å². The predicted octanol–water partition coefficient (Wildman–Crippen LogP) is 1.53. The third-order valence-electron chi connectivity index (χ3n) is 3.82. The van der Waals surface area contributed by atoms with Crippen molar-refractivity contribution < 1.29 is 45.8 Å². The number of carbonyl (C=O) groups excluding carboxylic acids is 1. The predicted molar refractivity (Wildman–Crippen MR) is 51.8 cm³/mol. The van der Waals surface area contributed by atoms with E-state index < -0.39 is 54.4 Å². The number of fused-ring (bicyclic) bond motifs is 1. The normalized spacial score (nSPS) is 32.9. The van der Waals surface area contributed by atoms with Crippen molar-refractivity contribution >= 4 is 11.9 Å². The lowest BCUT2D eigenvalue weighted by atomic mass is 9.95. The molecule has 0 aromatic heterocycles. The number of carboxylic acid groups (broad SMARTS) is 1. The SMILES string of the molecule is C[C@@]12C[C@@H](C(=O)O)CN1C(C(F)(F)F)(C(F)(F)F)OC2=O. The summed E-state index contributed by atoms with van der Waals surface area (Å²) in [6.45, 7) is -0.270. The first-order chi connectivity index (χ1) is 9.27. The zero-order valence-corrected chi connectivity index (χ0v) is 10.4. The van der Waals surface area contributed by atoms with Crippen LogP contribution in [0.15, 0.2) is 0 Å². The van der Waals surface area contributed by atoms with Crippen LogP contribution in [0, 0.1) is 5.92 Å². The monoisotopic (exact) mass is 321 g/mol. The van der Waals surface area contributed by atoms with E-state index in [2.05, 4.69) is 4.74 Å². The van der Waals surface area contributed by atoms with Crippen LogP contribution in [-0.2, 0) is 14.3 Å². The second-order valence-electron chi connectivity index (χ2n) is 5.15. The van der Waals surface area contributed by atoms with E-state index in [1.54, 1.807) is 0 Å². The van der Waals surface area contributed by atoms with Gasteiger partial charge in [0, 0.05) is 6.54 Å². The van der Waals surface area contributed by atoms with Crippen molar-refractivity contribution in [2.75, 3.05) is 6.54 Å². The van der Waals surface area contributed by atoms with Gasteiger partial charge in [0.15, 0.2) is 0 Å². The van der Waals surface area contributed by atoms with Crippen LogP contribution in [0.3, 0.4) is 0 Å². The van der Waals surface area contributed by atoms with Gasteiger partial charge in [-0.15, -0.1) is 0 Å². The van der Waals surface area contributed by atoms with Crippen molar-refractivity contribution in [3.63, 3.8) is 0 Å². The number of carboxylic acids is 1. The molecular weight excluding hydrogens is 312 g/mol. The summed E-state index contributed by atoms with van der Waals surface area (Å²) in [5, 5.41) is 8.80. The molecule has 2 atom stereocenters. The Morgan fingerprint density at radius 1 is 1.29 bits per heavy atom. The van der Waals surface area contributed by atoms with Gasteiger partial charge in [0.1, 0.15) is 5.54 Å². The Labute approximate surface area is 113 Å². The molecule has 2 rings (SSSR count). The molecule has 2 saturated heterocycles. The number of nitrogens with zero attached hydrogens (tertiary/aromatic N) is 1. The molecule has 5 nitrogen and oxygen atoms in total. The zero-order chi connectivity index (χ0) is 16.4. The minimum absolute atomic E-state index is 0.235. The molecule has 0 aromatic carbocycles. The molecule has 0 saturated carbocycles. The summed E-state index contributed by atoms with van der Waals surface area (Å²) in [4.78, 5) is 22.2. The smallest absolute Gasteiger partial charge is 0.453 e. The van der Waals surface area contributed by atoms with Gasteiger partial charge in [-0.1, -0.05) is 0 Å². The van der Waals surface area contributed by atoms with Gasteiger partial charge in [0.25, 0.3) is 0 Å². The number of cyclic esters (lactones) is 1. The van der Waals surface area contributed by atoms with E-state index in [1.165, 1.54) is 0 Å². The van der Waals surface area contributed by atoms with Crippen molar-refractivity contribution in [3.8, 4) is 0 Å². The molecule has 0 aromatic rings. The summed E-state index contributed by atoms with van der Waals surface area (Å²) in [7, 11) is 0. The average molecular weight is 321 g/mol. The fraction of sp³-hybridized carbons (Fsp3) is 0.800. The first-order valence-corrected chi connectivity index (χ1v) is 5.65. The second-order valence-corrected chi connectivity index (χ2v) is 5.15. The number of rotatable bonds is 1. The third kappa shape index (κ3) is 1.82. The highest BCUT2D eigenvalue weighted by atomic mass is 19.4. The topological polar surface area (TPSA) is 66.8 Å². The highest BCUT2D eigenvalue weighted by Gasteiger charge is 2.85. The van der Waals surface area contributed by atoms with Gasteiger partial charge in [-0.25, -0.2) is 9.69 Å². The number of halogens is 6. The number of aliphatic carboxylic acids is 1. The first-order valence-electron chi connectivity index (χ1n) is 5.65. The number of alkyl halides is 6. The molecule has 0 unspecified atom stereocenters. The highest BCUT2D eigenvalue weighted by Crippen LogP contribution is 2.58. The lowest BCUT2D eigenvalue weighted by molar-refractivity contribution is -0.402. The Kier molecular flexibility index (Phi) is 3.04. The number of esters is 1. The van der Waals surface area contributed by atoms with E-state index in [1.807, 2.05) is 0 Å². The van der Waals surface area contributed by atoms with E-state index >= 15 is 0 Å². The van der Waals surface area contributed by atoms with Crippen LogP contribution >= 0.6 is 0 Å². The highest BCUT2D eigenvalue weighted by molar-refractivity contribution is 5.86. The average Bonchev–Trinajstić information content (AvgIpc) is 2.70. The minimum Gasteiger partial charge on any atom is -0.481 e. The quantitative estimate of drug-likeness (QED) is 0.586. The van der Waals surface area contributed by atoms with E-state index in [0.29, 0.717) is 0 Å². The zero-order valence-electron chi connectivity index (χ0n) is 10.4. The molecular formula is C10H9F6NO4. The number of hydrogen-bond acceptors (Lipinski definition) is 4. The fourth-order valence-electron chi connectivity index (χ4n) is 2.79. The Morgan fingerprint density at radius 3 is 2.14 bits per heavy atom. The molecule has 11 heteroatoms. The molecule has 2 fully saturated rings. The van der Waals surface area contributed by atoms with Crippen molar-refractivity contribution in [3.05, 3.63) is 0 Å². The van der Waals surface area contributed by atoms with Crippen LogP contribution in [0.5, 0.6) is 0 Å². The molecule has 2 aliphatic heterocycles. The lowest BCUT2D eigenvalue weighted by Crippen LogP contribution is -2.67. The summed E-state index contributed by atoms with van der Waals surface area (Å²) in [6.07, 6.45) is -12.6. The maximum absolute atomic E-state index is 13.0. The molecule has 1 N–H and O–H groups in total. The molecule has 21 heavy (non-hydrogen) atoms. The van der Waals surface area contributed by atoms with Gasteiger partial charge in [-0.2, -0.15) is 26.3 Å². The molecule has 2 heterocycles. The molecule has 0 aliphatic carbocycles. The molecule has 0 amide bonds. The van der Waals surface area contributed by atoms with Crippen molar-refractivity contribution in [1.82, 2.24) is 4.90 Å². The van der Waals surface area contributed by atoms with Gasteiger partial charge < -0.3 is 9.84 Å². The van der Waals surface area contributed by atoms with Crippen molar-refractivity contribution in [1.29, 1.82) is 0 Å².